The molecule has 26 heavy (non-hydrogen) atoms. The van der Waals surface area contributed by atoms with E-state index in [2.05, 4.69) is 10.1 Å². The van der Waals surface area contributed by atoms with E-state index in [0.29, 0.717) is 30.4 Å². The fourth-order valence-electron chi connectivity index (χ4n) is 3.02. The Labute approximate surface area is 148 Å². The van der Waals surface area contributed by atoms with Gasteiger partial charge in [0.2, 0.25) is 17.6 Å². The molecule has 1 atom stereocenters. The highest BCUT2D eigenvalue weighted by Gasteiger charge is 2.34. The molecule has 0 bridgehead atoms. The Morgan fingerprint density at radius 2 is 1.69 bits per heavy atom. The number of likely N-dealkylation sites (tertiary alicyclic amines) is 1. The summed E-state index contributed by atoms with van der Waals surface area (Å²) in [6.07, 6.45) is 0.284. The summed E-state index contributed by atoms with van der Waals surface area (Å²) in [6, 6.07) is 11.9. The van der Waals surface area contributed by atoms with Crippen LogP contribution in [0.25, 0.3) is 11.4 Å². The van der Waals surface area contributed by atoms with Crippen molar-refractivity contribution in [3.63, 3.8) is 0 Å². The van der Waals surface area contributed by atoms with Crippen molar-refractivity contribution in [2.45, 2.75) is 18.9 Å². The van der Waals surface area contributed by atoms with Crippen LogP contribution in [-0.2, 0) is 11.3 Å². The predicted octanol–water partition coefficient (Wildman–Crippen LogP) is 3.53. The largest absolute Gasteiger partial charge is 0.339 e. The molecule has 0 radical (unpaired) electrons. The van der Waals surface area contributed by atoms with Gasteiger partial charge in [-0.15, -0.1) is 0 Å². The lowest BCUT2D eigenvalue weighted by Crippen LogP contribution is -2.24. The fourth-order valence-corrected chi connectivity index (χ4v) is 3.02. The minimum absolute atomic E-state index is 0.0131. The Bertz CT molecular complexity index is 923. The number of halogens is 2. The average Bonchev–Trinajstić information content (AvgIpc) is 3.25. The van der Waals surface area contributed by atoms with E-state index in [-0.39, 0.29) is 29.9 Å². The van der Waals surface area contributed by atoms with Gasteiger partial charge in [-0.1, -0.05) is 17.3 Å². The quantitative estimate of drug-likeness (QED) is 0.718. The number of rotatable bonds is 4. The molecule has 1 aromatic heterocycles. The highest BCUT2D eigenvalue weighted by atomic mass is 19.1. The zero-order chi connectivity index (χ0) is 18.1. The van der Waals surface area contributed by atoms with Crippen molar-refractivity contribution in [2.75, 3.05) is 6.54 Å². The number of hydrogen-bond donors (Lipinski definition) is 0. The molecule has 1 fully saturated rings. The average molecular weight is 355 g/mol. The number of hydrogen-bond acceptors (Lipinski definition) is 4. The Balaban J connectivity index is 1.47. The number of carbonyl (C=O) groups excluding carboxylic acids is 1. The molecular weight excluding hydrogens is 340 g/mol. The van der Waals surface area contributed by atoms with Crippen molar-refractivity contribution >= 4 is 5.91 Å². The van der Waals surface area contributed by atoms with Crippen LogP contribution in [0.3, 0.4) is 0 Å². The number of aromatic nitrogens is 2. The fraction of sp³-hybridized carbons (Fsp3) is 0.211. The number of amides is 1. The number of benzene rings is 2. The van der Waals surface area contributed by atoms with Crippen LogP contribution in [0.2, 0.25) is 0 Å². The summed E-state index contributed by atoms with van der Waals surface area (Å²) in [5.41, 5.74) is 1.51. The third-order valence-electron chi connectivity index (χ3n) is 4.39. The molecule has 1 aliphatic rings. The van der Waals surface area contributed by atoms with Crippen LogP contribution in [-0.4, -0.2) is 27.5 Å². The van der Waals surface area contributed by atoms with Gasteiger partial charge in [0, 0.05) is 25.1 Å². The third-order valence-corrected chi connectivity index (χ3v) is 4.39. The molecule has 4 rings (SSSR count). The Kier molecular flexibility index (Phi) is 4.20. The highest BCUT2D eigenvalue weighted by molar-refractivity contribution is 5.79. The molecule has 0 N–H and O–H groups in total. The lowest BCUT2D eigenvalue weighted by Gasteiger charge is -2.15. The van der Waals surface area contributed by atoms with Gasteiger partial charge in [-0.2, -0.15) is 4.98 Å². The van der Waals surface area contributed by atoms with E-state index >= 15 is 0 Å². The lowest BCUT2D eigenvalue weighted by molar-refractivity contribution is -0.128. The number of nitrogens with zero attached hydrogens (tertiary/aromatic N) is 3. The second-order valence-corrected chi connectivity index (χ2v) is 6.26. The van der Waals surface area contributed by atoms with Gasteiger partial charge in [0.05, 0.1) is 5.92 Å². The summed E-state index contributed by atoms with van der Waals surface area (Å²) >= 11 is 0. The summed E-state index contributed by atoms with van der Waals surface area (Å²) in [4.78, 5) is 18.3. The van der Waals surface area contributed by atoms with Crippen LogP contribution in [0.15, 0.2) is 53.1 Å². The van der Waals surface area contributed by atoms with E-state index < -0.39 is 0 Å². The van der Waals surface area contributed by atoms with Gasteiger partial charge in [0.25, 0.3) is 0 Å². The third kappa shape index (κ3) is 3.33. The monoisotopic (exact) mass is 355 g/mol. The summed E-state index contributed by atoms with van der Waals surface area (Å²) in [7, 11) is 0. The van der Waals surface area contributed by atoms with Gasteiger partial charge < -0.3 is 9.42 Å². The zero-order valence-corrected chi connectivity index (χ0v) is 13.7. The van der Waals surface area contributed by atoms with Crippen molar-refractivity contribution in [1.29, 1.82) is 0 Å². The van der Waals surface area contributed by atoms with Gasteiger partial charge in [-0.25, -0.2) is 8.78 Å². The van der Waals surface area contributed by atoms with Crippen LogP contribution in [0.5, 0.6) is 0 Å². The van der Waals surface area contributed by atoms with Crippen molar-refractivity contribution in [3.05, 3.63) is 71.6 Å². The topological polar surface area (TPSA) is 59.2 Å². The molecule has 1 saturated heterocycles. The molecule has 0 aliphatic carbocycles. The maximum absolute atomic E-state index is 13.0. The van der Waals surface area contributed by atoms with Crippen LogP contribution in [0, 0.1) is 11.6 Å². The first-order valence-corrected chi connectivity index (χ1v) is 8.20. The summed E-state index contributed by atoms with van der Waals surface area (Å²) < 4.78 is 31.3. The molecule has 132 valence electrons. The summed E-state index contributed by atoms with van der Waals surface area (Å²) in [6.45, 7) is 0.871. The zero-order valence-electron chi connectivity index (χ0n) is 13.7. The minimum atomic E-state index is -0.338. The van der Waals surface area contributed by atoms with Crippen LogP contribution >= 0.6 is 0 Å². The molecule has 0 saturated carbocycles. The SMILES string of the molecule is O=C1CC(c2nc(-c3ccc(F)cc3)no2)CN1Cc1ccc(F)cc1. The van der Waals surface area contributed by atoms with E-state index in [1.807, 2.05) is 0 Å². The maximum atomic E-state index is 13.0. The molecule has 3 aromatic rings. The molecule has 2 aromatic carbocycles. The van der Waals surface area contributed by atoms with E-state index in [1.165, 1.54) is 24.3 Å². The first-order chi connectivity index (χ1) is 12.6. The normalized spacial score (nSPS) is 17.1. The van der Waals surface area contributed by atoms with E-state index in [9.17, 15) is 13.6 Å². The molecule has 2 heterocycles. The van der Waals surface area contributed by atoms with E-state index in [0.717, 1.165) is 5.56 Å². The molecule has 7 heteroatoms. The van der Waals surface area contributed by atoms with E-state index in [4.69, 9.17) is 4.52 Å². The number of carbonyl (C=O) groups is 1. The smallest absolute Gasteiger partial charge is 0.232 e. The Hall–Kier alpha value is -3.09. The van der Waals surface area contributed by atoms with Gasteiger partial charge >= 0.3 is 0 Å². The molecule has 1 amide bonds. The molecule has 0 spiro atoms. The predicted molar refractivity (Wildman–Crippen MR) is 88.9 cm³/mol. The Morgan fingerprint density at radius 1 is 1.04 bits per heavy atom. The maximum Gasteiger partial charge on any atom is 0.232 e. The van der Waals surface area contributed by atoms with Gasteiger partial charge in [-0.05, 0) is 42.0 Å². The van der Waals surface area contributed by atoms with Gasteiger partial charge in [-0.3, -0.25) is 4.79 Å². The van der Waals surface area contributed by atoms with Crippen LogP contribution in [0.4, 0.5) is 8.78 Å². The highest BCUT2D eigenvalue weighted by Crippen LogP contribution is 2.29. The molecule has 1 aliphatic heterocycles. The van der Waals surface area contributed by atoms with Crippen LogP contribution in [0.1, 0.15) is 23.8 Å². The van der Waals surface area contributed by atoms with Crippen LogP contribution < -0.4 is 0 Å². The van der Waals surface area contributed by atoms with E-state index in [1.54, 1.807) is 29.2 Å². The van der Waals surface area contributed by atoms with Crippen molar-refractivity contribution in [2.24, 2.45) is 0 Å². The second kappa shape index (κ2) is 6.67. The van der Waals surface area contributed by atoms with Gasteiger partial charge in [0.1, 0.15) is 11.6 Å². The standard InChI is InChI=1S/C19H15F2N3O2/c20-15-5-1-12(2-6-15)10-24-11-14(9-17(24)25)19-22-18(23-26-19)13-3-7-16(21)8-4-13/h1-8,14H,9-11H2. The van der Waals surface area contributed by atoms with Crippen molar-refractivity contribution < 1.29 is 18.1 Å². The molecule has 1 unspecified atom stereocenters. The Morgan fingerprint density at radius 3 is 2.38 bits per heavy atom. The first kappa shape index (κ1) is 16.4. The molecular formula is C19H15F2N3O2. The lowest BCUT2D eigenvalue weighted by atomic mass is 10.1. The van der Waals surface area contributed by atoms with Crippen molar-refractivity contribution in [3.8, 4) is 11.4 Å². The van der Waals surface area contributed by atoms with Gasteiger partial charge in [0.15, 0.2) is 0 Å². The van der Waals surface area contributed by atoms with Crippen molar-refractivity contribution in [1.82, 2.24) is 15.0 Å². The minimum Gasteiger partial charge on any atom is -0.339 e. The second-order valence-electron chi connectivity index (χ2n) is 6.26. The summed E-state index contributed by atoms with van der Waals surface area (Å²) in [5.74, 6) is -0.0944. The first-order valence-electron chi connectivity index (χ1n) is 8.20. The molecule has 5 nitrogen and oxygen atoms in total. The summed E-state index contributed by atoms with van der Waals surface area (Å²) in [5, 5.41) is 3.92.